The maximum absolute atomic E-state index is 13.1. The number of amides is 1. The van der Waals surface area contributed by atoms with Crippen molar-refractivity contribution in [2.45, 2.75) is 0 Å². The number of hydrogen-bond acceptors (Lipinski definition) is 6. The summed E-state index contributed by atoms with van der Waals surface area (Å²) in [5, 5.41) is 13.8. The van der Waals surface area contributed by atoms with Gasteiger partial charge in [0.2, 0.25) is 0 Å². The van der Waals surface area contributed by atoms with Crippen molar-refractivity contribution in [3.63, 3.8) is 0 Å². The average Bonchev–Trinajstić information content (AvgIpc) is 3.34. The van der Waals surface area contributed by atoms with Gasteiger partial charge in [0.15, 0.2) is 12.4 Å². The van der Waals surface area contributed by atoms with Gasteiger partial charge < -0.3 is 23.7 Å². The number of ether oxygens (including phenoxy) is 1. The van der Waals surface area contributed by atoms with Gasteiger partial charge in [0.1, 0.15) is 28.2 Å². The fourth-order valence-corrected chi connectivity index (χ4v) is 3.57. The maximum Gasteiger partial charge on any atom is 0.264 e. The van der Waals surface area contributed by atoms with Gasteiger partial charge >= 0.3 is 0 Å². The molecule has 8 nitrogen and oxygen atoms in total. The topological polar surface area (TPSA) is 92.6 Å². The standard InChI is InChI=1S/C25H19FN4O4/c1-29(17-6-4-16(26)5-7-17)25(31)14-33-19-8-9-23-20(12-19)21(28-32)13-24(34-23)22-11-18-3-2-10-30(18)15-27-22/h2-13,15,32H,14H2,1H3/b28-21+. The van der Waals surface area contributed by atoms with Crippen LogP contribution < -0.4 is 15.0 Å². The van der Waals surface area contributed by atoms with Crippen LogP contribution in [0.4, 0.5) is 10.1 Å². The second-order valence-electron chi connectivity index (χ2n) is 7.59. The third kappa shape index (κ3) is 4.06. The third-order valence-corrected chi connectivity index (χ3v) is 5.44. The first-order valence-corrected chi connectivity index (χ1v) is 10.4. The molecule has 0 radical (unpaired) electrons. The molecule has 0 bridgehead atoms. The summed E-state index contributed by atoms with van der Waals surface area (Å²) in [7, 11) is 1.59. The van der Waals surface area contributed by atoms with E-state index in [9.17, 15) is 14.4 Å². The molecule has 0 aliphatic rings. The van der Waals surface area contributed by atoms with Crippen molar-refractivity contribution in [2.75, 3.05) is 18.6 Å². The van der Waals surface area contributed by atoms with Crippen molar-refractivity contribution in [3.05, 3.63) is 90.4 Å². The van der Waals surface area contributed by atoms with Gasteiger partial charge in [-0.15, -0.1) is 0 Å². The second kappa shape index (κ2) is 8.70. The van der Waals surface area contributed by atoms with Crippen molar-refractivity contribution in [2.24, 2.45) is 5.16 Å². The van der Waals surface area contributed by atoms with E-state index in [1.165, 1.54) is 29.2 Å². The van der Waals surface area contributed by atoms with Gasteiger partial charge in [-0.1, -0.05) is 5.16 Å². The van der Waals surface area contributed by atoms with Crippen LogP contribution in [0.15, 0.2) is 88.8 Å². The monoisotopic (exact) mass is 458 g/mol. The molecule has 3 aromatic heterocycles. The highest BCUT2D eigenvalue weighted by Gasteiger charge is 2.13. The van der Waals surface area contributed by atoms with Crippen LogP contribution in [0.1, 0.15) is 0 Å². The molecule has 170 valence electrons. The Morgan fingerprint density at radius 2 is 2.00 bits per heavy atom. The number of anilines is 1. The van der Waals surface area contributed by atoms with Gasteiger partial charge in [0, 0.05) is 30.5 Å². The van der Waals surface area contributed by atoms with Crippen molar-refractivity contribution in [1.82, 2.24) is 9.38 Å². The predicted molar refractivity (Wildman–Crippen MR) is 123 cm³/mol. The smallest absolute Gasteiger partial charge is 0.264 e. The molecule has 0 fully saturated rings. The van der Waals surface area contributed by atoms with Crippen molar-refractivity contribution in [3.8, 4) is 17.2 Å². The van der Waals surface area contributed by atoms with E-state index in [1.807, 2.05) is 28.8 Å². The summed E-state index contributed by atoms with van der Waals surface area (Å²) in [6.07, 6.45) is 3.57. The number of carbonyl (C=O) groups excluding carboxylic acids is 1. The lowest BCUT2D eigenvalue weighted by molar-refractivity contribution is -0.120. The van der Waals surface area contributed by atoms with Gasteiger partial charge in [0.05, 0.1) is 11.7 Å². The summed E-state index contributed by atoms with van der Waals surface area (Å²) >= 11 is 0. The molecular formula is C25H19FN4O4. The Labute approximate surface area is 192 Å². The number of hydrogen-bond donors (Lipinski definition) is 1. The summed E-state index contributed by atoms with van der Waals surface area (Å²) in [6.45, 7) is -0.235. The van der Waals surface area contributed by atoms with Crippen LogP contribution in [0.5, 0.6) is 5.75 Å². The Balaban J connectivity index is 1.39. The predicted octanol–water partition coefficient (Wildman–Crippen LogP) is 4.22. The summed E-state index contributed by atoms with van der Waals surface area (Å²) in [5.74, 6) is 0.144. The molecule has 1 amide bonds. The van der Waals surface area contributed by atoms with Gasteiger partial charge in [0.25, 0.3) is 5.91 Å². The Kier molecular flexibility index (Phi) is 5.43. The highest BCUT2D eigenvalue weighted by atomic mass is 19.1. The van der Waals surface area contributed by atoms with Crippen molar-refractivity contribution >= 4 is 28.1 Å². The zero-order chi connectivity index (χ0) is 23.7. The minimum absolute atomic E-state index is 0.235. The van der Waals surface area contributed by atoms with E-state index in [0.717, 1.165) is 5.52 Å². The quantitative estimate of drug-likeness (QED) is 0.315. The van der Waals surface area contributed by atoms with Crippen LogP contribution in [0.25, 0.3) is 27.9 Å². The van der Waals surface area contributed by atoms with E-state index < -0.39 is 0 Å². The first-order valence-electron chi connectivity index (χ1n) is 10.4. The van der Waals surface area contributed by atoms with Crippen LogP contribution in [0.3, 0.4) is 0 Å². The Morgan fingerprint density at radius 1 is 1.18 bits per heavy atom. The summed E-state index contributed by atoms with van der Waals surface area (Å²) in [5.41, 5.74) is 2.55. The SMILES string of the molecule is CN(C(=O)COc1ccc2oc(-c3cc4cccn4cn3)c/c(=N\O)c2c1)c1ccc(F)cc1. The molecule has 5 aromatic rings. The molecule has 0 aliphatic carbocycles. The number of halogens is 1. The van der Waals surface area contributed by atoms with E-state index in [4.69, 9.17) is 9.15 Å². The van der Waals surface area contributed by atoms with Gasteiger partial charge in [-0.05, 0) is 60.7 Å². The summed E-state index contributed by atoms with van der Waals surface area (Å²) < 4.78 is 26.6. The molecule has 1 N–H and O–H groups in total. The molecule has 3 heterocycles. The van der Waals surface area contributed by atoms with Crippen molar-refractivity contribution < 1.29 is 23.5 Å². The average molecular weight is 458 g/mol. The first-order chi connectivity index (χ1) is 16.5. The maximum atomic E-state index is 13.1. The number of fused-ring (bicyclic) bond motifs is 2. The number of aromatic nitrogens is 2. The highest BCUT2D eigenvalue weighted by molar-refractivity contribution is 5.94. The lowest BCUT2D eigenvalue weighted by Gasteiger charge is -2.17. The van der Waals surface area contributed by atoms with E-state index in [-0.39, 0.29) is 23.7 Å². The Morgan fingerprint density at radius 3 is 2.79 bits per heavy atom. The third-order valence-electron chi connectivity index (χ3n) is 5.44. The lowest BCUT2D eigenvalue weighted by Crippen LogP contribution is -2.31. The molecular weight excluding hydrogens is 439 g/mol. The zero-order valence-electron chi connectivity index (χ0n) is 18.1. The van der Waals surface area contributed by atoms with E-state index in [0.29, 0.717) is 33.9 Å². The molecule has 0 saturated carbocycles. The second-order valence-corrected chi connectivity index (χ2v) is 7.59. The number of likely N-dealkylation sites (N-methyl/N-ethyl adjacent to an activating group) is 1. The summed E-state index contributed by atoms with van der Waals surface area (Å²) in [6, 6.07) is 17.9. The van der Waals surface area contributed by atoms with E-state index >= 15 is 0 Å². The number of rotatable bonds is 5. The molecule has 0 atom stereocenters. The molecule has 5 rings (SSSR count). The van der Waals surface area contributed by atoms with Crippen LogP contribution >= 0.6 is 0 Å². The number of benzene rings is 2. The van der Waals surface area contributed by atoms with Crippen LogP contribution in [-0.2, 0) is 4.79 Å². The van der Waals surface area contributed by atoms with Crippen LogP contribution in [0.2, 0.25) is 0 Å². The lowest BCUT2D eigenvalue weighted by atomic mass is 10.2. The molecule has 2 aromatic carbocycles. The molecule has 9 heteroatoms. The summed E-state index contributed by atoms with van der Waals surface area (Å²) in [4.78, 5) is 18.3. The normalized spacial score (nSPS) is 11.8. The van der Waals surface area contributed by atoms with Crippen molar-refractivity contribution in [1.29, 1.82) is 0 Å². The molecule has 0 aliphatic heterocycles. The van der Waals surface area contributed by atoms with Gasteiger partial charge in [-0.25, -0.2) is 9.37 Å². The van der Waals surface area contributed by atoms with E-state index in [1.54, 1.807) is 37.6 Å². The van der Waals surface area contributed by atoms with Gasteiger partial charge in [-0.3, -0.25) is 4.79 Å². The number of nitrogens with zero attached hydrogens (tertiary/aromatic N) is 4. The van der Waals surface area contributed by atoms with Crippen LogP contribution in [0, 0.1) is 5.82 Å². The largest absolute Gasteiger partial charge is 0.484 e. The molecule has 0 unspecified atom stereocenters. The Bertz CT molecular complexity index is 1570. The molecule has 0 spiro atoms. The fraction of sp³-hybridized carbons (Fsp3) is 0.0800. The fourth-order valence-electron chi connectivity index (χ4n) is 3.57. The minimum Gasteiger partial charge on any atom is -0.484 e. The minimum atomic E-state index is -0.378. The van der Waals surface area contributed by atoms with Gasteiger partial charge in [-0.2, -0.15) is 0 Å². The first kappa shape index (κ1) is 21.2. The molecule has 34 heavy (non-hydrogen) atoms. The zero-order valence-corrected chi connectivity index (χ0v) is 18.1. The van der Waals surface area contributed by atoms with E-state index in [2.05, 4.69) is 10.1 Å². The van der Waals surface area contributed by atoms with Crippen LogP contribution in [-0.4, -0.2) is 34.2 Å². The highest BCUT2D eigenvalue weighted by Crippen LogP contribution is 2.25. The number of carbonyl (C=O) groups is 1. The molecule has 0 saturated heterocycles. The Hall–Kier alpha value is -4.66.